The number of hydrogen-bond donors (Lipinski definition) is 1. The Morgan fingerprint density at radius 2 is 2.03 bits per heavy atom. The van der Waals surface area contributed by atoms with Crippen LogP contribution < -0.4 is 5.32 Å². The molecule has 1 saturated heterocycles. The first-order valence-corrected chi connectivity index (χ1v) is 11.5. The quantitative estimate of drug-likeness (QED) is 0.802. The van der Waals surface area contributed by atoms with Gasteiger partial charge in [0.1, 0.15) is 0 Å². The summed E-state index contributed by atoms with van der Waals surface area (Å²) < 4.78 is 0. The fraction of sp³-hybridized carbons (Fsp3) is 0.522. The van der Waals surface area contributed by atoms with Crippen LogP contribution in [0.2, 0.25) is 0 Å². The van der Waals surface area contributed by atoms with Gasteiger partial charge in [-0.05, 0) is 51.2 Å². The fourth-order valence-corrected chi connectivity index (χ4v) is 5.03. The van der Waals surface area contributed by atoms with Crippen molar-refractivity contribution in [1.29, 1.82) is 0 Å². The van der Waals surface area contributed by atoms with Crippen LogP contribution in [0.25, 0.3) is 0 Å². The summed E-state index contributed by atoms with van der Waals surface area (Å²) in [7, 11) is 0. The normalized spacial score (nSPS) is 19.7. The van der Waals surface area contributed by atoms with Gasteiger partial charge in [-0.2, -0.15) is 0 Å². The number of carbonyl (C=O) groups is 2. The summed E-state index contributed by atoms with van der Waals surface area (Å²) in [5.74, 6) is 0.768. The summed E-state index contributed by atoms with van der Waals surface area (Å²) in [5, 5.41) is 6.14. The molecule has 2 aromatic rings. The Labute approximate surface area is 176 Å². The lowest BCUT2D eigenvalue weighted by molar-refractivity contribution is -0.127. The number of thiazole rings is 1. The molecule has 154 valence electrons. The maximum absolute atomic E-state index is 13.1. The second kappa shape index (κ2) is 8.66. The zero-order chi connectivity index (χ0) is 20.4. The molecule has 2 amide bonds. The average molecular weight is 412 g/mol. The van der Waals surface area contributed by atoms with E-state index in [1.807, 2.05) is 42.3 Å². The Hall–Kier alpha value is -2.21. The summed E-state index contributed by atoms with van der Waals surface area (Å²) in [5.41, 5.74) is 3.88. The largest absolute Gasteiger partial charge is 0.350 e. The molecule has 0 radical (unpaired) electrons. The summed E-state index contributed by atoms with van der Waals surface area (Å²) in [6.07, 6.45) is 5.24. The molecule has 5 nitrogen and oxygen atoms in total. The first-order valence-electron chi connectivity index (χ1n) is 10.6. The molecule has 1 aromatic carbocycles. The van der Waals surface area contributed by atoms with E-state index in [0.29, 0.717) is 13.1 Å². The maximum atomic E-state index is 13.1. The molecule has 2 aliphatic rings. The molecular weight excluding hydrogens is 382 g/mol. The van der Waals surface area contributed by atoms with Crippen molar-refractivity contribution in [3.8, 4) is 0 Å². The van der Waals surface area contributed by atoms with Crippen LogP contribution in [0.15, 0.2) is 23.6 Å². The van der Waals surface area contributed by atoms with Crippen LogP contribution in [0.1, 0.15) is 70.2 Å². The Morgan fingerprint density at radius 1 is 1.21 bits per heavy atom. The van der Waals surface area contributed by atoms with E-state index in [2.05, 4.69) is 5.32 Å². The molecule has 1 aliphatic carbocycles. The van der Waals surface area contributed by atoms with Crippen LogP contribution in [-0.2, 0) is 11.3 Å². The highest BCUT2D eigenvalue weighted by molar-refractivity contribution is 7.09. The predicted molar refractivity (Wildman–Crippen MR) is 115 cm³/mol. The van der Waals surface area contributed by atoms with E-state index in [1.165, 1.54) is 0 Å². The van der Waals surface area contributed by atoms with Crippen LogP contribution in [0.3, 0.4) is 0 Å². The number of nitrogens with one attached hydrogen (secondary N) is 1. The van der Waals surface area contributed by atoms with Gasteiger partial charge in [-0.3, -0.25) is 9.59 Å². The number of aromatic nitrogens is 1. The molecule has 1 unspecified atom stereocenters. The third-order valence-electron chi connectivity index (χ3n) is 6.17. The van der Waals surface area contributed by atoms with Crippen LogP contribution >= 0.6 is 11.3 Å². The molecular formula is C23H29N3O2S. The van der Waals surface area contributed by atoms with E-state index in [-0.39, 0.29) is 23.7 Å². The van der Waals surface area contributed by atoms with Gasteiger partial charge in [-0.25, -0.2) is 4.98 Å². The van der Waals surface area contributed by atoms with Gasteiger partial charge < -0.3 is 10.2 Å². The SMILES string of the molecule is Cc1ccc(C)c(C(=O)N2CCCC(c3nc(CNC(=O)C4CCC4)cs3)C2)c1. The van der Waals surface area contributed by atoms with Crippen molar-refractivity contribution in [2.24, 2.45) is 5.92 Å². The molecule has 1 N–H and O–H groups in total. The first-order chi connectivity index (χ1) is 14.0. The smallest absolute Gasteiger partial charge is 0.254 e. The molecule has 1 aromatic heterocycles. The highest BCUT2D eigenvalue weighted by atomic mass is 32.1. The van der Waals surface area contributed by atoms with E-state index in [9.17, 15) is 9.59 Å². The molecule has 6 heteroatoms. The highest BCUT2D eigenvalue weighted by Gasteiger charge is 2.28. The van der Waals surface area contributed by atoms with Crippen LogP contribution in [0.4, 0.5) is 0 Å². The average Bonchev–Trinajstić information content (AvgIpc) is 3.15. The Bertz CT molecular complexity index is 903. The molecule has 29 heavy (non-hydrogen) atoms. The molecule has 4 rings (SSSR count). The molecule has 1 saturated carbocycles. The third kappa shape index (κ3) is 4.53. The number of rotatable bonds is 5. The maximum Gasteiger partial charge on any atom is 0.254 e. The van der Waals surface area contributed by atoms with Gasteiger partial charge in [0.2, 0.25) is 5.91 Å². The topological polar surface area (TPSA) is 62.3 Å². The van der Waals surface area contributed by atoms with Gasteiger partial charge in [0.05, 0.1) is 17.2 Å². The Kier molecular flexibility index (Phi) is 5.99. The molecule has 1 atom stereocenters. The van der Waals surface area contributed by atoms with Crippen molar-refractivity contribution in [3.63, 3.8) is 0 Å². The third-order valence-corrected chi connectivity index (χ3v) is 7.23. The Balaban J connectivity index is 1.38. The minimum atomic E-state index is 0.125. The van der Waals surface area contributed by atoms with E-state index < -0.39 is 0 Å². The van der Waals surface area contributed by atoms with Gasteiger partial charge >= 0.3 is 0 Å². The van der Waals surface area contributed by atoms with E-state index in [0.717, 1.165) is 66.0 Å². The lowest BCUT2D eigenvalue weighted by Crippen LogP contribution is -2.39. The molecule has 0 spiro atoms. The lowest BCUT2D eigenvalue weighted by Gasteiger charge is -2.32. The van der Waals surface area contributed by atoms with Gasteiger partial charge in [0, 0.05) is 35.9 Å². The molecule has 1 aliphatic heterocycles. The summed E-state index contributed by atoms with van der Waals surface area (Å²) in [6, 6.07) is 6.06. The number of hydrogen-bond acceptors (Lipinski definition) is 4. The zero-order valence-electron chi connectivity index (χ0n) is 17.2. The second-order valence-corrected chi connectivity index (χ2v) is 9.32. The van der Waals surface area contributed by atoms with Crippen molar-refractivity contribution in [1.82, 2.24) is 15.2 Å². The van der Waals surface area contributed by atoms with Crippen molar-refractivity contribution >= 4 is 23.2 Å². The van der Waals surface area contributed by atoms with Crippen LogP contribution in [-0.4, -0.2) is 34.8 Å². The number of benzene rings is 1. The number of nitrogens with zero attached hydrogens (tertiary/aromatic N) is 2. The van der Waals surface area contributed by atoms with Gasteiger partial charge in [-0.1, -0.05) is 24.1 Å². The van der Waals surface area contributed by atoms with E-state index in [4.69, 9.17) is 4.98 Å². The number of carbonyl (C=O) groups excluding carboxylic acids is 2. The Morgan fingerprint density at radius 3 is 2.79 bits per heavy atom. The van der Waals surface area contributed by atoms with Crippen molar-refractivity contribution in [3.05, 3.63) is 51.0 Å². The summed E-state index contributed by atoms with van der Waals surface area (Å²) >= 11 is 1.65. The second-order valence-electron chi connectivity index (χ2n) is 8.43. The summed E-state index contributed by atoms with van der Waals surface area (Å²) in [4.78, 5) is 31.9. The van der Waals surface area contributed by atoms with Crippen molar-refractivity contribution < 1.29 is 9.59 Å². The minimum Gasteiger partial charge on any atom is -0.350 e. The minimum absolute atomic E-state index is 0.125. The zero-order valence-corrected chi connectivity index (χ0v) is 18.1. The predicted octanol–water partition coefficient (Wildman–Crippen LogP) is 4.20. The van der Waals surface area contributed by atoms with Crippen LogP contribution in [0, 0.1) is 19.8 Å². The highest BCUT2D eigenvalue weighted by Crippen LogP contribution is 2.31. The number of piperidine rings is 1. The first kappa shape index (κ1) is 20.1. The molecule has 2 fully saturated rings. The number of amides is 2. The summed E-state index contributed by atoms with van der Waals surface area (Å²) in [6.45, 7) is 6.05. The molecule has 0 bridgehead atoms. The standard InChI is InChI=1S/C23H29N3O2S/c1-15-8-9-16(2)20(11-15)23(28)26-10-4-7-18(13-26)22-25-19(14-29-22)12-24-21(27)17-5-3-6-17/h8-9,11,14,17-18H,3-7,10,12-13H2,1-2H3,(H,24,27). The van der Waals surface area contributed by atoms with Gasteiger partial charge in [0.15, 0.2) is 0 Å². The van der Waals surface area contributed by atoms with Crippen molar-refractivity contribution in [2.75, 3.05) is 13.1 Å². The number of likely N-dealkylation sites (tertiary alicyclic amines) is 1. The fourth-order valence-electron chi connectivity index (χ4n) is 4.08. The number of aryl methyl sites for hydroxylation is 2. The van der Waals surface area contributed by atoms with E-state index in [1.54, 1.807) is 11.3 Å². The van der Waals surface area contributed by atoms with E-state index >= 15 is 0 Å². The van der Waals surface area contributed by atoms with Crippen molar-refractivity contribution in [2.45, 2.75) is 58.4 Å². The lowest BCUT2D eigenvalue weighted by atomic mass is 9.85. The monoisotopic (exact) mass is 411 g/mol. The van der Waals surface area contributed by atoms with Gasteiger partial charge in [0.25, 0.3) is 5.91 Å². The molecule has 2 heterocycles. The van der Waals surface area contributed by atoms with Crippen LogP contribution in [0.5, 0.6) is 0 Å². The van der Waals surface area contributed by atoms with Gasteiger partial charge in [-0.15, -0.1) is 11.3 Å².